The van der Waals surface area contributed by atoms with Crippen LogP contribution in [0.1, 0.15) is 25.7 Å². The topological polar surface area (TPSA) is 51.7 Å². The maximum absolute atomic E-state index is 13.8. The maximum atomic E-state index is 13.8. The zero-order valence-corrected chi connectivity index (χ0v) is 12.3. The number of fused-ring (bicyclic) bond motifs is 2. The van der Waals surface area contributed by atoms with E-state index in [-0.39, 0.29) is 36.0 Å². The molecule has 118 valence electrons. The first-order valence-electron chi connectivity index (χ1n) is 7.93. The fourth-order valence-corrected chi connectivity index (χ4v) is 3.47. The molecule has 3 aliphatic rings. The molecule has 22 heavy (non-hydrogen) atoms. The molecular weight excluding hydrogens is 287 g/mol. The van der Waals surface area contributed by atoms with Gasteiger partial charge < -0.3 is 14.4 Å². The fraction of sp³-hybridized carbons (Fsp3) is 0.625. The molecule has 3 atom stereocenters. The molecule has 2 bridgehead atoms. The van der Waals surface area contributed by atoms with Crippen molar-refractivity contribution in [2.75, 3.05) is 13.2 Å². The lowest BCUT2D eigenvalue weighted by Gasteiger charge is -2.31. The Hall–Kier alpha value is -1.69. The molecule has 2 heterocycles. The number of carbonyl (C=O) groups excluding carboxylic acids is 1. The highest BCUT2D eigenvalue weighted by molar-refractivity contribution is 5.81. The Kier molecular flexibility index (Phi) is 3.48. The lowest BCUT2D eigenvalue weighted by Crippen LogP contribution is -2.48. The summed E-state index contributed by atoms with van der Waals surface area (Å²) in [5.74, 6) is -0.115. The van der Waals surface area contributed by atoms with Crippen molar-refractivity contribution in [2.45, 2.75) is 43.9 Å². The zero-order chi connectivity index (χ0) is 15.1. The van der Waals surface area contributed by atoms with E-state index in [0.29, 0.717) is 13.2 Å². The van der Waals surface area contributed by atoms with Crippen molar-refractivity contribution in [3.63, 3.8) is 0 Å². The maximum Gasteiger partial charge on any atom is 0.250 e. The molecule has 0 aromatic carbocycles. The van der Waals surface area contributed by atoms with Gasteiger partial charge in [-0.25, -0.2) is 9.37 Å². The molecule has 1 aliphatic heterocycles. The van der Waals surface area contributed by atoms with Crippen LogP contribution in [-0.4, -0.2) is 47.2 Å². The van der Waals surface area contributed by atoms with E-state index in [1.54, 1.807) is 0 Å². The third-order valence-electron chi connectivity index (χ3n) is 4.74. The van der Waals surface area contributed by atoms with Gasteiger partial charge in [-0.15, -0.1) is 0 Å². The van der Waals surface area contributed by atoms with Gasteiger partial charge in [-0.1, -0.05) is 0 Å². The van der Waals surface area contributed by atoms with Gasteiger partial charge in [-0.05, 0) is 37.8 Å². The molecule has 2 saturated carbocycles. The van der Waals surface area contributed by atoms with Crippen LogP contribution in [0, 0.1) is 11.7 Å². The Bertz CT molecular complexity index is 578. The van der Waals surface area contributed by atoms with Gasteiger partial charge in [0.25, 0.3) is 5.88 Å². The summed E-state index contributed by atoms with van der Waals surface area (Å²) >= 11 is 0. The summed E-state index contributed by atoms with van der Waals surface area (Å²) < 4.78 is 25.5. The number of carbonyl (C=O) groups is 1. The molecule has 2 aliphatic carbocycles. The van der Waals surface area contributed by atoms with E-state index in [4.69, 9.17) is 9.47 Å². The summed E-state index contributed by atoms with van der Waals surface area (Å²) in [4.78, 5) is 18.4. The Morgan fingerprint density at radius 1 is 1.36 bits per heavy atom. The van der Waals surface area contributed by atoms with Gasteiger partial charge in [-0.3, -0.25) is 4.79 Å². The first-order chi connectivity index (χ1) is 10.7. The highest BCUT2D eigenvalue weighted by atomic mass is 19.1. The van der Waals surface area contributed by atoms with Gasteiger partial charge in [0.2, 0.25) is 5.91 Å². The van der Waals surface area contributed by atoms with E-state index >= 15 is 0 Å². The van der Waals surface area contributed by atoms with Gasteiger partial charge in [0, 0.05) is 18.7 Å². The van der Waals surface area contributed by atoms with Crippen molar-refractivity contribution in [3.05, 3.63) is 24.1 Å². The van der Waals surface area contributed by atoms with Crippen LogP contribution in [0.15, 0.2) is 18.3 Å². The first-order valence-corrected chi connectivity index (χ1v) is 7.93. The molecule has 5 nitrogen and oxygen atoms in total. The molecule has 1 saturated heterocycles. The molecule has 1 aromatic heterocycles. The van der Waals surface area contributed by atoms with Crippen molar-refractivity contribution >= 4 is 5.91 Å². The number of rotatable bonds is 3. The van der Waals surface area contributed by atoms with Crippen LogP contribution in [0.5, 0.6) is 5.88 Å². The predicted octanol–water partition coefficient (Wildman–Crippen LogP) is 1.77. The molecule has 3 unspecified atom stereocenters. The smallest absolute Gasteiger partial charge is 0.250 e. The van der Waals surface area contributed by atoms with Crippen LogP contribution in [0.2, 0.25) is 0 Å². The number of ether oxygens (including phenoxy) is 2. The van der Waals surface area contributed by atoms with Crippen LogP contribution in [0.3, 0.4) is 0 Å². The average molecular weight is 306 g/mol. The first kappa shape index (κ1) is 13.9. The summed E-state index contributed by atoms with van der Waals surface area (Å²) in [5, 5.41) is 0. The van der Waals surface area contributed by atoms with Crippen LogP contribution < -0.4 is 4.74 Å². The van der Waals surface area contributed by atoms with Gasteiger partial charge in [0.1, 0.15) is 6.10 Å². The number of halogens is 1. The Morgan fingerprint density at radius 3 is 3.00 bits per heavy atom. The lowest BCUT2D eigenvalue weighted by atomic mass is 10.1. The Morgan fingerprint density at radius 2 is 2.23 bits per heavy atom. The Balaban J connectivity index is 1.57. The summed E-state index contributed by atoms with van der Waals surface area (Å²) in [6, 6.07) is 2.82. The molecule has 1 amide bonds. The quantitative estimate of drug-likeness (QED) is 0.854. The van der Waals surface area contributed by atoms with E-state index < -0.39 is 5.82 Å². The standard InChI is InChI=1S/C16H19FN2O3/c17-11-2-1-7-18-15(11)22-14-12-5-6-13(14)21-9-8-19(12)16(20)10-3-4-10/h1-2,7,10,12-14H,3-6,8-9H2. The van der Waals surface area contributed by atoms with E-state index in [1.807, 2.05) is 4.90 Å². The Labute approximate surface area is 128 Å². The lowest BCUT2D eigenvalue weighted by molar-refractivity contribution is -0.136. The summed E-state index contributed by atoms with van der Waals surface area (Å²) in [7, 11) is 0. The second-order valence-corrected chi connectivity index (χ2v) is 6.23. The minimum Gasteiger partial charge on any atom is -0.467 e. The van der Waals surface area contributed by atoms with Crippen molar-refractivity contribution < 1.29 is 18.7 Å². The van der Waals surface area contributed by atoms with Crippen LogP contribution in [-0.2, 0) is 9.53 Å². The summed E-state index contributed by atoms with van der Waals surface area (Å²) in [6.07, 6.45) is 4.70. The van der Waals surface area contributed by atoms with E-state index in [1.165, 1.54) is 18.3 Å². The zero-order valence-electron chi connectivity index (χ0n) is 12.3. The van der Waals surface area contributed by atoms with Crippen molar-refractivity contribution in [2.24, 2.45) is 5.92 Å². The average Bonchev–Trinajstić information content (AvgIpc) is 3.28. The largest absolute Gasteiger partial charge is 0.467 e. The predicted molar refractivity (Wildman–Crippen MR) is 75.8 cm³/mol. The molecule has 6 heteroatoms. The van der Waals surface area contributed by atoms with Crippen LogP contribution in [0.25, 0.3) is 0 Å². The molecule has 0 spiro atoms. The second-order valence-electron chi connectivity index (χ2n) is 6.23. The number of nitrogens with zero attached hydrogens (tertiary/aromatic N) is 2. The van der Waals surface area contributed by atoms with Crippen LogP contribution in [0.4, 0.5) is 4.39 Å². The van der Waals surface area contributed by atoms with Crippen molar-refractivity contribution in [3.8, 4) is 5.88 Å². The molecule has 1 aromatic rings. The number of hydrogen-bond donors (Lipinski definition) is 0. The van der Waals surface area contributed by atoms with E-state index in [2.05, 4.69) is 4.98 Å². The summed E-state index contributed by atoms with van der Waals surface area (Å²) in [5.41, 5.74) is 0. The highest BCUT2D eigenvalue weighted by Gasteiger charge is 2.48. The van der Waals surface area contributed by atoms with Gasteiger partial charge >= 0.3 is 0 Å². The number of aromatic nitrogens is 1. The van der Waals surface area contributed by atoms with E-state index in [9.17, 15) is 9.18 Å². The number of hydrogen-bond acceptors (Lipinski definition) is 4. The van der Waals surface area contributed by atoms with Crippen molar-refractivity contribution in [1.29, 1.82) is 0 Å². The molecule has 4 rings (SSSR count). The molecule has 0 N–H and O–H groups in total. The number of pyridine rings is 1. The molecule has 3 fully saturated rings. The second kappa shape index (κ2) is 5.50. The minimum absolute atomic E-state index is 0.00581. The number of amides is 1. The van der Waals surface area contributed by atoms with E-state index in [0.717, 1.165) is 25.7 Å². The highest BCUT2D eigenvalue weighted by Crippen LogP contribution is 2.37. The normalized spacial score (nSPS) is 31.0. The summed E-state index contributed by atoms with van der Waals surface area (Å²) in [6.45, 7) is 1.12. The SMILES string of the molecule is O=C(C1CC1)N1CCOC2CCC1C2Oc1ncccc1F. The monoisotopic (exact) mass is 306 g/mol. The van der Waals surface area contributed by atoms with Crippen LogP contribution >= 0.6 is 0 Å². The third-order valence-corrected chi connectivity index (χ3v) is 4.74. The van der Waals surface area contributed by atoms with Gasteiger partial charge in [0.15, 0.2) is 5.82 Å². The fourth-order valence-electron chi connectivity index (χ4n) is 3.47. The minimum atomic E-state index is -0.480. The molecular formula is C16H19FN2O3. The molecule has 0 radical (unpaired) electrons. The van der Waals surface area contributed by atoms with Gasteiger partial charge in [-0.2, -0.15) is 0 Å². The van der Waals surface area contributed by atoms with Gasteiger partial charge in [0.05, 0.1) is 18.8 Å². The van der Waals surface area contributed by atoms with Crippen molar-refractivity contribution in [1.82, 2.24) is 9.88 Å². The third kappa shape index (κ3) is 2.45.